The summed E-state index contributed by atoms with van der Waals surface area (Å²) in [6, 6.07) is 7.87. The van der Waals surface area contributed by atoms with Gasteiger partial charge in [0.25, 0.3) is 5.56 Å². The number of nitrogens with zero attached hydrogens (tertiary/aromatic N) is 1. The van der Waals surface area contributed by atoms with Crippen molar-refractivity contribution in [2.45, 2.75) is 33.6 Å². The molecular weight excluding hydrogens is 264 g/mol. The van der Waals surface area contributed by atoms with Gasteiger partial charge >= 0.3 is 0 Å². The van der Waals surface area contributed by atoms with Crippen molar-refractivity contribution in [3.05, 3.63) is 45.7 Å². The van der Waals surface area contributed by atoms with Crippen LogP contribution in [0.25, 0.3) is 10.9 Å². The van der Waals surface area contributed by atoms with Gasteiger partial charge in [-0.25, -0.2) is 0 Å². The molecule has 0 radical (unpaired) electrons. The molecule has 0 fully saturated rings. The minimum Gasteiger partial charge on any atom is -0.343 e. The first-order valence-corrected chi connectivity index (χ1v) is 7.45. The summed E-state index contributed by atoms with van der Waals surface area (Å²) >= 11 is 0. The monoisotopic (exact) mass is 286 g/mol. The summed E-state index contributed by atoms with van der Waals surface area (Å²) in [4.78, 5) is 28.8. The highest BCUT2D eigenvalue weighted by Crippen LogP contribution is 2.14. The second-order valence-electron chi connectivity index (χ2n) is 5.28. The predicted octanol–water partition coefficient (Wildman–Crippen LogP) is 2.64. The van der Waals surface area contributed by atoms with Crippen LogP contribution in [-0.2, 0) is 11.2 Å². The Balaban J connectivity index is 2.19. The molecule has 0 aliphatic carbocycles. The highest BCUT2D eigenvalue weighted by Gasteiger charge is 2.11. The van der Waals surface area contributed by atoms with Crippen molar-refractivity contribution in [2.75, 3.05) is 13.1 Å². The largest absolute Gasteiger partial charge is 0.343 e. The molecular formula is C17H22N2O2. The van der Waals surface area contributed by atoms with E-state index < -0.39 is 0 Å². The molecule has 4 nitrogen and oxygen atoms in total. The topological polar surface area (TPSA) is 53.2 Å². The fourth-order valence-electron chi connectivity index (χ4n) is 2.52. The lowest BCUT2D eigenvalue weighted by Gasteiger charge is -2.18. The smallest absolute Gasteiger partial charge is 0.251 e. The average Bonchev–Trinajstić information content (AvgIpc) is 2.46. The molecule has 112 valence electrons. The molecule has 0 bridgehead atoms. The summed E-state index contributed by atoms with van der Waals surface area (Å²) in [5, 5.41) is 1.01. The van der Waals surface area contributed by atoms with Crippen LogP contribution in [0.3, 0.4) is 0 Å². The van der Waals surface area contributed by atoms with E-state index >= 15 is 0 Å². The van der Waals surface area contributed by atoms with Gasteiger partial charge in [-0.2, -0.15) is 0 Å². The van der Waals surface area contributed by atoms with Crippen LogP contribution in [-0.4, -0.2) is 28.9 Å². The Morgan fingerprint density at radius 2 is 1.90 bits per heavy atom. The van der Waals surface area contributed by atoms with Gasteiger partial charge in [0.1, 0.15) is 0 Å². The number of hydrogen-bond acceptors (Lipinski definition) is 2. The number of aromatic amines is 1. The number of fused-ring (bicyclic) bond motifs is 1. The number of amides is 1. The first kappa shape index (κ1) is 15.3. The highest BCUT2D eigenvalue weighted by atomic mass is 16.2. The molecule has 1 aromatic carbocycles. The lowest BCUT2D eigenvalue weighted by molar-refractivity contribution is -0.130. The van der Waals surface area contributed by atoms with Crippen molar-refractivity contribution >= 4 is 16.8 Å². The molecule has 1 amide bonds. The first-order valence-electron chi connectivity index (χ1n) is 7.45. The number of nitrogens with one attached hydrogen (secondary N) is 1. The minimum absolute atomic E-state index is 0.0968. The fraction of sp³-hybridized carbons (Fsp3) is 0.412. The lowest BCUT2D eigenvalue weighted by Crippen LogP contribution is -2.31. The summed E-state index contributed by atoms with van der Waals surface area (Å²) in [6.07, 6.45) is 0.858. The van der Waals surface area contributed by atoms with E-state index in [1.807, 2.05) is 45.0 Å². The van der Waals surface area contributed by atoms with Crippen LogP contribution in [0.5, 0.6) is 0 Å². The second kappa shape index (κ2) is 6.57. The van der Waals surface area contributed by atoms with Gasteiger partial charge in [-0.3, -0.25) is 9.59 Å². The zero-order valence-corrected chi connectivity index (χ0v) is 12.9. The van der Waals surface area contributed by atoms with Crippen LogP contribution in [0.1, 0.15) is 31.4 Å². The zero-order valence-electron chi connectivity index (χ0n) is 12.9. The molecule has 0 atom stereocenters. The summed E-state index contributed by atoms with van der Waals surface area (Å²) < 4.78 is 0. The molecule has 1 N–H and O–H groups in total. The van der Waals surface area contributed by atoms with Crippen LogP contribution in [0.2, 0.25) is 0 Å². The van der Waals surface area contributed by atoms with Gasteiger partial charge in [0.05, 0.1) is 0 Å². The second-order valence-corrected chi connectivity index (χ2v) is 5.28. The number of pyridine rings is 1. The van der Waals surface area contributed by atoms with E-state index in [9.17, 15) is 9.59 Å². The Morgan fingerprint density at radius 1 is 1.19 bits per heavy atom. The van der Waals surface area contributed by atoms with Gasteiger partial charge in [-0.1, -0.05) is 12.1 Å². The molecule has 2 aromatic rings. The maximum absolute atomic E-state index is 12.1. The number of hydrogen-bond donors (Lipinski definition) is 1. The molecule has 0 saturated heterocycles. The molecule has 0 unspecified atom stereocenters. The van der Waals surface area contributed by atoms with Crippen molar-refractivity contribution in [3.63, 3.8) is 0 Å². The van der Waals surface area contributed by atoms with Crippen LogP contribution >= 0.6 is 0 Å². The number of aromatic nitrogens is 1. The Kier molecular flexibility index (Phi) is 4.78. The normalized spacial score (nSPS) is 10.8. The van der Waals surface area contributed by atoms with E-state index in [0.717, 1.165) is 16.5 Å². The number of rotatable bonds is 5. The molecule has 1 heterocycles. The summed E-state index contributed by atoms with van der Waals surface area (Å²) in [6.45, 7) is 7.35. The average molecular weight is 286 g/mol. The zero-order chi connectivity index (χ0) is 15.4. The van der Waals surface area contributed by atoms with Gasteiger partial charge in [0.15, 0.2) is 0 Å². The third-order valence-corrected chi connectivity index (χ3v) is 3.80. The van der Waals surface area contributed by atoms with Gasteiger partial charge in [-0.05, 0) is 50.3 Å². The van der Waals surface area contributed by atoms with Crippen LogP contribution in [0.15, 0.2) is 29.1 Å². The minimum atomic E-state index is -0.0968. The van der Waals surface area contributed by atoms with Gasteiger partial charge in [-0.15, -0.1) is 0 Å². The van der Waals surface area contributed by atoms with Crippen molar-refractivity contribution < 1.29 is 4.79 Å². The SMILES string of the molecule is CCN(CC)C(=O)CCc1cc2ccc(C)cc2[nH]c1=O. The molecule has 4 heteroatoms. The predicted molar refractivity (Wildman–Crippen MR) is 85.6 cm³/mol. The van der Waals surface area contributed by atoms with Crippen molar-refractivity contribution in [3.8, 4) is 0 Å². The van der Waals surface area contributed by atoms with Crippen molar-refractivity contribution in [2.24, 2.45) is 0 Å². The van der Waals surface area contributed by atoms with E-state index in [1.165, 1.54) is 0 Å². The Hall–Kier alpha value is -2.10. The van der Waals surface area contributed by atoms with Crippen LogP contribution in [0.4, 0.5) is 0 Å². The summed E-state index contributed by atoms with van der Waals surface area (Å²) in [7, 11) is 0. The molecule has 0 aliphatic heterocycles. The molecule has 0 spiro atoms. The quantitative estimate of drug-likeness (QED) is 0.918. The third-order valence-electron chi connectivity index (χ3n) is 3.80. The van der Waals surface area contributed by atoms with E-state index in [2.05, 4.69) is 4.98 Å². The third kappa shape index (κ3) is 3.51. The van der Waals surface area contributed by atoms with Crippen molar-refractivity contribution in [1.82, 2.24) is 9.88 Å². The van der Waals surface area contributed by atoms with Gasteiger partial charge in [0.2, 0.25) is 5.91 Å². The van der Waals surface area contributed by atoms with E-state index in [0.29, 0.717) is 31.5 Å². The number of benzene rings is 1. The molecule has 0 aliphatic rings. The molecule has 0 saturated carbocycles. The van der Waals surface area contributed by atoms with Crippen molar-refractivity contribution in [1.29, 1.82) is 0 Å². The lowest BCUT2D eigenvalue weighted by atomic mass is 10.1. The fourth-order valence-corrected chi connectivity index (χ4v) is 2.52. The van der Waals surface area contributed by atoms with Crippen LogP contribution in [0, 0.1) is 6.92 Å². The Bertz CT molecular complexity index is 699. The maximum atomic E-state index is 12.1. The van der Waals surface area contributed by atoms with Gasteiger partial charge < -0.3 is 9.88 Å². The number of carbonyl (C=O) groups is 1. The van der Waals surface area contributed by atoms with E-state index in [4.69, 9.17) is 0 Å². The van der Waals surface area contributed by atoms with Crippen LogP contribution < -0.4 is 5.56 Å². The molecule has 2 rings (SSSR count). The van der Waals surface area contributed by atoms with E-state index in [1.54, 1.807) is 4.90 Å². The summed E-state index contributed by atoms with van der Waals surface area (Å²) in [5.74, 6) is 0.100. The Morgan fingerprint density at radius 3 is 2.57 bits per heavy atom. The standard InChI is InChI=1S/C17H22N2O2/c1-4-19(5-2)16(20)9-8-14-11-13-7-6-12(3)10-15(13)18-17(14)21/h6-7,10-11H,4-5,8-9H2,1-3H3,(H,18,21). The number of aryl methyl sites for hydroxylation is 2. The first-order chi connectivity index (χ1) is 10.0. The van der Waals surface area contributed by atoms with E-state index in [-0.39, 0.29) is 11.5 Å². The highest BCUT2D eigenvalue weighted by molar-refractivity contribution is 5.80. The number of carbonyl (C=O) groups excluding carboxylic acids is 1. The number of H-pyrrole nitrogens is 1. The molecule has 21 heavy (non-hydrogen) atoms. The maximum Gasteiger partial charge on any atom is 0.251 e. The Labute approximate surface area is 124 Å². The van der Waals surface area contributed by atoms with Gasteiger partial charge in [0, 0.05) is 30.6 Å². The molecule has 1 aromatic heterocycles. The summed E-state index contributed by atoms with van der Waals surface area (Å²) in [5.41, 5.74) is 2.54.